The van der Waals surface area contributed by atoms with Crippen LogP contribution in [-0.2, 0) is 9.59 Å². The Bertz CT molecular complexity index is 554. The van der Waals surface area contributed by atoms with Gasteiger partial charge >= 0.3 is 5.97 Å². The van der Waals surface area contributed by atoms with E-state index in [1.54, 1.807) is 21.0 Å². The third-order valence-corrected chi connectivity index (χ3v) is 4.50. The first kappa shape index (κ1) is 21.1. The van der Waals surface area contributed by atoms with E-state index in [0.717, 1.165) is 5.56 Å². The van der Waals surface area contributed by atoms with Crippen molar-refractivity contribution in [1.29, 1.82) is 0 Å². The molecule has 1 aromatic rings. The molecule has 0 aliphatic rings. The Balaban J connectivity index is 2.88. The Labute approximate surface area is 150 Å². The summed E-state index contributed by atoms with van der Waals surface area (Å²) in [6, 6.07) is 9.55. The van der Waals surface area contributed by atoms with Gasteiger partial charge in [-0.2, -0.15) is 0 Å². The molecular formula is C19H30N2O4. The first-order valence-electron chi connectivity index (χ1n) is 8.76. The number of nitrogens with zero attached hydrogens (tertiary/aromatic N) is 1. The number of carboxylic acids is 1. The zero-order chi connectivity index (χ0) is 19.0. The molecule has 0 aromatic heterocycles. The lowest BCUT2D eigenvalue weighted by molar-refractivity contribution is -0.840. The second-order valence-electron chi connectivity index (χ2n) is 7.02. The van der Waals surface area contributed by atoms with Crippen LogP contribution >= 0.6 is 0 Å². The molecule has 0 aliphatic carbocycles. The molecule has 3 atom stereocenters. The lowest BCUT2D eigenvalue weighted by Crippen LogP contribution is -2.42. The highest BCUT2D eigenvalue weighted by atomic mass is 16.5. The summed E-state index contributed by atoms with van der Waals surface area (Å²) in [7, 11) is 3.11. The number of hydroxylamine groups is 3. The van der Waals surface area contributed by atoms with Crippen LogP contribution in [0.5, 0.6) is 0 Å². The predicted octanol–water partition coefficient (Wildman–Crippen LogP) is 2.60. The van der Waals surface area contributed by atoms with E-state index < -0.39 is 22.5 Å². The van der Waals surface area contributed by atoms with Crippen molar-refractivity contribution in [2.24, 2.45) is 11.8 Å². The number of aliphatic carboxylic acids is 1. The standard InChI is InChI=1S/C19H30N2O4/c1-5-16(15-10-7-6-8-11-15)17(14(2)19(23)24)18(22)20-12-9-13-21(3,4)25/h6-8,10-11,14,16-17H,5,9,12-13H2,1-4H3,(H,20,22)(H,23,24). The van der Waals surface area contributed by atoms with Crippen LogP contribution in [0, 0.1) is 17.0 Å². The summed E-state index contributed by atoms with van der Waals surface area (Å²) in [5.74, 6) is -2.86. The number of carbonyl (C=O) groups is 2. The maximum atomic E-state index is 12.7. The minimum Gasteiger partial charge on any atom is -0.633 e. The van der Waals surface area contributed by atoms with Crippen molar-refractivity contribution in [2.45, 2.75) is 32.6 Å². The van der Waals surface area contributed by atoms with Crippen molar-refractivity contribution >= 4 is 11.9 Å². The number of carboxylic acid groups (broad SMARTS) is 1. The molecule has 3 unspecified atom stereocenters. The van der Waals surface area contributed by atoms with Crippen LogP contribution in [0.2, 0.25) is 0 Å². The normalized spacial score (nSPS) is 15.2. The number of nitrogens with one attached hydrogen (secondary N) is 1. The third-order valence-electron chi connectivity index (χ3n) is 4.50. The lowest BCUT2D eigenvalue weighted by atomic mass is 9.76. The zero-order valence-electron chi connectivity index (χ0n) is 15.6. The van der Waals surface area contributed by atoms with Crippen LogP contribution < -0.4 is 5.32 Å². The smallest absolute Gasteiger partial charge is 0.307 e. The van der Waals surface area contributed by atoms with E-state index in [1.807, 2.05) is 37.3 Å². The monoisotopic (exact) mass is 350 g/mol. The molecule has 0 heterocycles. The largest absolute Gasteiger partial charge is 0.633 e. The molecule has 0 saturated heterocycles. The summed E-state index contributed by atoms with van der Waals surface area (Å²) in [5.41, 5.74) is 0.968. The molecule has 0 spiro atoms. The fourth-order valence-corrected chi connectivity index (χ4v) is 3.10. The fraction of sp³-hybridized carbons (Fsp3) is 0.579. The van der Waals surface area contributed by atoms with E-state index in [-0.39, 0.29) is 11.8 Å². The molecule has 1 rings (SSSR count). The van der Waals surface area contributed by atoms with Gasteiger partial charge in [-0.15, -0.1) is 0 Å². The van der Waals surface area contributed by atoms with Crippen molar-refractivity contribution in [2.75, 3.05) is 27.2 Å². The zero-order valence-corrected chi connectivity index (χ0v) is 15.6. The Hall–Kier alpha value is -1.92. The molecule has 0 bridgehead atoms. The quantitative estimate of drug-likeness (QED) is 0.386. The van der Waals surface area contributed by atoms with Gasteiger partial charge in [0, 0.05) is 13.0 Å². The van der Waals surface area contributed by atoms with Crippen LogP contribution in [0.15, 0.2) is 30.3 Å². The van der Waals surface area contributed by atoms with Gasteiger partial charge in [0.15, 0.2) is 0 Å². The Kier molecular flexibility index (Phi) is 8.06. The summed E-state index contributed by atoms with van der Waals surface area (Å²) in [5, 5.41) is 23.8. The van der Waals surface area contributed by atoms with Gasteiger partial charge in [0.25, 0.3) is 0 Å². The third kappa shape index (κ3) is 6.84. The molecule has 0 fully saturated rings. The number of benzene rings is 1. The van der Waals surface area contributed by atoms with E-state index in [2.05, 4.69) is 5.32 Å². The first-order valence-corrected chi connectivity index (χ1v) is 8.76. The van der Waals surface area contributed by atoms with Gasteiger partial charge in [-0.25, -0.2) is 0 Å². The number of rotatable bonds is 10. The molecule has 0 radical (unpaired) electrons. The van der Waals surface area contributed by atoms with E-state index in [1.165, 1.54) is 0 Å². The Morgan fingerprint density at radius 3 is 2.32 bits per heavy atom. The summed E-state index contributed by atoms with van der Waals surface area (Å²) >= 11 is 0. The number of carbonyl (C=O) groups excluding carboxylic acids is 1. The van der Waals surface area contributed by atoms with Gasteiger partial charge in [-0.05, 0) is 17.9 Å². The molecule has 0 aliphatic heterocycles. The average molecular weight is 350 g/mol. The highest BCUT2D eigenvalue weighted by molar-refractivity contribution is 5.85. The molecule has 2 N–H and O–H groups in total. The van der Waals surface area contributed by atoms with Gasteiger partial charge in [0.05, 0.1) is 32.5 Å². The van der Waals surface area contributed by atoms with Gasteiger partial charge in [0.1, 0.15) is 0 Å². The number of hydrogen-bond donors (Lipinski definition) is 2. The van der Waals surface area contributed by atoms with E-state index in [0.29, 0.717) is 25.9 Å². The summed E-state index contributed by atoms with van der Waals surface area (Å²) in [6.45, 7) is 4.31. The molecular weight excluding hydrogens is 320 g/mol. The maximum Gasteiger partial charge on any atom is 0.307 e. The minimum absolute atomic E-state index is 0.168. The molecule has 6 nitrogen and oxygen atoms in total. The minimum atomic E-state index is -0.980. The van der Waals surface area contributed by atoms with E-state index in [4.69, 9.17) is 0 Å². The summed E-state index contributed by atoms with van der Waals surface area (Å²) in [6.07, 6.45) is 1.22. The van der Waals surface area contributed by atoms with Gasteiger partial charge < -0.3 is 20.3 Å². The Morgan fingerprint density at radius 1 is 1.24 bits per heavy atom. The maximum absolute atomic E-state index is 12.7. The lowest BCUT2D eigenvalue weighted by Gasteiger charge is -2.34. The van der Waals surface area contributed by atoms with Crippen molar-refractivity contribution < 1.29 is 19.3 Å². The van der Waals surface area contributed by atoms with Crippen LogP contribution in [-0.4, -0.2) is 48.8 Å². The van der Waals surface area contributed by atoms with E-state index in [9.17, 15) is 19.9 Å². The Morgan fingerprint density at radius 2 is 1.84 bits per heavy atom. The number of quaternary nitrogens is 1. The molecule has 1 amide bonds. The SMILES string of the molecule is CCC(c1ccccc1)C(C(=O)NCCC[N+](C)(C)[O-])C(C)C(=O)O. The van der Waals surface area contributed by atoms with Crippen molar-refractivity contribution in [3.05, 3.63) is 41.1 Å². The highest BCUT2D eigenvalue weighted by Crippen LogP contribution is 2.33. The van der Waals surface area contributed by atoms with Gasteiger partial charge in [-0.1, -0.05) is 44.2 Å². The number of amides is 1. The van der Waals surface area contributed by atoms with Gasteiger partial charge in [0.2, 0.25) is 5.91 Å². The second kappa shape index (κ2) is 9.53. The van der Waals surface area contributed by atoms with Gasteiger partial charge in [-0.3, -0.25) is 9.59 Å². The van der Waals surface area contributed by atoms with Crippen LogP contribution in [0.3, 0.4) is 0 Å². The summed E-state index contributed by atoms with van der Waals surface area (Å²) < 4.78 is -0.410. The van der Waals surface area contributed by atoms with Crippen molar-refractivity contribution in [1.82, 2.24) is 5.32 Å². The topological polar surface area (TPSA) is 89.5 Å². The molecule has 6 heteroatoms. The summed E-state index contributed by atoms with van der Waals surface area (Å²) in [4.78, 5) is 24.3. The second-order valence-corrected chi connectivity index (χ2v) is 7.02. The molecule has 25 heavy (non-hydrogen) atoms. The van der Waals surface area contributed by atoms with E-state index >= 15 is 0 Å². The molecule has 140 valence electrons. The van der Waals surface area contributed by atoms with Crippen LogP contribution in [0.1, 0.15) is 38.2 Å². The fourth-order valence-electron chi connectivity index (χ4n) is 3.10. The van der Waals surface area contributed by atoms with Crippen LogP contribution in [0.25, 0.3) is 0 Å². The predicted molar refractivity (Wildman–Crippen MR) is 97.7 cm³/mol. The highest BCUT2D eigenvalue weighted by Gasteiger charge is 2.36. The molecule has 1 aromatic carbocycles. The van der Waals surface area contributed by atoms with Crippen LogP contribution in [0.4, 0.5) is 0 Å². The number of hydrogen-bond acceptors (Lipinski definition) is 3. The first-order chi connectivity index (χ1) is 11.7. The molecule has 0 saturated carbocycles. The van der Waals surface area contributed by atoms with Crippen molar-refractivity contribution in [3.8, 4) is 0 Å². The average Bonchev–Trinajstić information content (AvgIpc) is 2.55. The van der Waals surface area contributed by atoms with Crippen molar-refractivity contribution in [3.63, 3.8) is 0 Å².